The van der Waals surface area contributed by atoms with Crippen LogP contribution in [0.3, 0.4) is 0 Å². The van der Waals surface area contributed by atoms with Gasteiger partial charge < -0.3 is 9.67 Å². The van der Waals surface area contributed by atoms with Gasteiger partial charge in [0.2, 0.25) is 0 Å². The molecule has 1 N–H and O–H groups in total. The highest BCUT2D eigenvalue weighted by Crippen LogP contribution is 2.26. The molecule has 13 heavy (non-hydrogen) atoms. The number of aryl methyl sites for hydroxylation is 1. The molecule has 1 aliphatic carbocycles. The van der Waals surface area contributed by atoms with Gasteiger partial charge in [-0.05, 0) is 12.0 Å². The van der Waals surface area contributed by atoms with Gasteiger partial charge in [0.15, 0.2) is 5.78 Å². The highest BCUT2D eigenvalue weighted by molar-refractivity contribution is 6.03. The van der Waals surface area contributed by atoms with Crippen molar-refractivity contribution in [1.29, 1.82) is 0 Å². The van der Waals surface area contributed by atoms with Crippen molar-refractivity contribution in [3.8, 4) is 0 Å². The number of Topliss-reactive ketones (excluding diaryl/α,β-unsaturated/α-hetero) is 1. The smallest absolute Gasteiger partial charge is 0.337 e. The van der Waals surface area contributed by atoms with E-state index in [4.69, 9.17) is 5.11 Å². The minimum atomic E-state index is -0.952. The number of hydrogen-bond acceptors (Lipinski definition) is 2. The molecule has 0 aromatic carbocycles. The molecule has 0 saturated carbocycles. The second kappa shape index (κ2) is 2.45. The molecule has 0 spiro atoms. The summed E-state index contributed by atoms with van der Waals surface area (Å²) in [6, 6.07) is 0. The van der Waals surface area contributed by atoms with Crippen molar-refractivity contribution in [2.75, 3.05) is 0 Å². The molecule has 1 aromatic rings. The number of carboxylic acids is 1. The van der Waals surface area contributed by atoms with Crippen molar-refractivity contribution in [2.45, 2.75) is 12.8 Å². The topological polar surface area (TPSA) is 59.3 Å². The zero-order chi connectivity index (χ0) is 9.59. The van der Waals surface area contributed by atoms with E-state index in [-0.39, 0.29) is 11.3 Å². The van der Waals surface area contributed by atoms with E-state index in [1.54, 1.807) is 11.6 Å². The molecule has 68 valence electrons. The van der Waals surface area contributed by atoms with Gasteiger partial charge in [-0.25, -0.2) is 4.79 Å². The van der Waals surface area contributed by atoms with Gasteiger partial charge in [-0.3, -0.25) is 4.79 Å². The molecule has 0 aliphatic heterocycles. The fraction of sp³-hybridized carbons (Fsp3) is 0.333. The monoisotopic (exact) mass is 179 g/mol. The third-order valence-corrected chi connectivity index (χ3v) is 2.38. The van der Waals surface area contributed by atoms with Gasteiger partial charge in [-0.15, -0.1) is 0 Å². The quantitative estimate of drug-likeness (QED) is 0.695. The molecule has 4 nitrogen and oxygen atoms in total. The Morgan fingerprint density at radius 3 is 2.85 bits per heavy atom. The van der Waals surface area contributed by atoms with Gasteiger partial charge in [-0.1, -0.05) is 0 Å². The van der Waals surface area contributed by atoms with Crippen LogP contribution < -0.4 is 0 Å². The summed E-state index contributed by atoms with van der Waals surface area (Å²) in [6.45, 7) is 0. The van der Waals surface area contributed by atoms with E-state index in [9.17, 15) is 9.59 Å². The van der Waals surface area contributed by atoms with Crippen molar-refractivity contribution in [3.05, 3.63) is 23.0 Å². The maximum absolute atomic E-state index is 11.3. The molecular weight excluding hydrogens is 170 g/mol. The van der Waals surface area contributed by atoms with Crippen molar-refractivity contribution < 1.29 is 14.7 Å². The number of aromatic carboxylic acids is 1. The summed E-state index contributed by atoms with van der Waals surface area (Å²) >= 11 is 0. The summed E-state index contributed by atoms with van der Waals surface area (Å²) in [4.78, 5) is 22.1. The van der Waals surface area contributed by atoms with E-state index < -0.39 is 5.97 Å². The second-order valence-electron chi connectivity index (χ2n) is 3.21. The largest absolute Gasteiger partial charge is 0.478 e. The summed E-state index contributed by atoms with van der Waals surface area (Å²) in [5.41, 5.74) is 1.53. The van der Waals surface area contributed by atoms with Crippen LogP contribution in [0.5, 0.6) is 0 Å². The van der Waals surface area contributed by atoms with Crippen LogP contribution >= 0.6 is 0 Å². The van der Waals surface area contributed by atoms with Crippen molar-refractivity contribution in [1.82, 2.24) is 4.57 Å². The SMILES string of the molecule is Cn1cc(C(=O)O)c2c1C(=O)CC2. The number of aromatic nitrogens is 1. The Labute approximate surface area is 74.8 Å². The summed E-state index contributed by atoms with van der Waals surface area (Å²) in [7, 11) is 1.70. The molecule has 0 bridgehead atoms. The molecule has 1 aromatic heterocycles. The van der Waals surface area contributed by atoms with E-state index in [1.807, 2.05) is 0 Å². The molecule has 0 saturated heterocycles. The molecule has 1 heterocycles. The number of carbonyl (C=O) groups excluding carboxylic acids is 1. The first-order valence-electron chi connectivity index (χ1n) is 4.06. The van der Waals surface area contributed by atoms with Crippen LogP contribution in [0.1, 0.15) is 32.8 Å². The lowest BCUT2D eigenvalue weighted by Gasteiger charge is -1.94. The minimum Gasteiger partial charge on any atom is -0.478 e. The molecule has 0 radical (unpaired) electrons. The summed E-state index contributed by atoms with van der Waals surface area (Å²) < 4.78 is 1.61. The zero-order valence-electron chi connectivity index (χ0n) is 7.20. The molecule has 0 unspecified atom stereocenters. The number of rotatable bonds is 1. The van der Waals surface area contributed by atoms with E-state index in [2.05, 4.69) is 0 Å². The zero-order valence-corrected chi connectivity index (χ0v) is 7.20. The Morgan fingerprint density at radius 1 is 1.54 bits per heavy atom. The van der Waals surface area contributed by atoms with Crippen LogP contribution in [-0.4, -0.2) is 21.4 Å². The van der Waals surface area contributed by atoms with Gasteiger partial charge in [0.1, 0.15) is 0 Å². The lowest BCUT2D eigenvalue weighted by molar-refractivity contribution is 0.0695. The summed E-state index contributed by atoms with van der Waals surface area (Å²) in [6.07, 6.45) is 2.51. The highest BCUT2D eigenvalue weighted by atomic mass is 16.4. The number of carboxylic acid groups (broad SMARTS) is 1. The number of fused-ring (bicyclic) bond motifs is 1. The van der Waals surface area contributed by atoms with Crippen LogP contribution in [0.15, 0.2) is 6.20 Å². The van der Waals surface area contributed by atoms with Crippen molar-refractivity contribution in [2.24, 2.45) is 7.05 Å². The van der Waals surface area contributed by atoms with Gasteiger partial charge in [-0.2, -0.15) is 0 Å². The molecular formula is C9H9NO3. The fourth-order valence-electron chi connectivity index (χ4n) is 1.84. The Kier molecular flexibility index (Phi) is 1.52. The predicted octanol–water partition coefficient (Wildman–Crippen LogP) is 0.852. The number of ketones is 1. The van der Waals surface area contributed by atoms with Crippen LogP contribution in [-0.2, 0) is 13.5 Å². The van der Waals surface area contributed by atoms with E-state index in [0.29, 0.717) is 24.1 Å². The molecule has 0 amide bonds. The van der Waals surface area contributed by atoms with Gasteiger partial charge in [0.25, 0.3) is 0 Å². The third kappa shape index (κ3) is 0.983. The lowest BCUT2D eigenvalue weighted by Crippen LogP contribution is -1.99. The molecule has 0 fully saturated rings. The summed E-state index contributed by atoms with van der Waals surface area (Å²) in [5, 5.41) is 8.82. The average Bonchev–Trinajstić information content (AvgIpc) is 2.55. The van der Waals surface area contributed by atoms with E-state index >= 15 is 0 Å². The first kappa shape index (κ1) is 8.04. The third-order valence-electron chi connectivity index (χ3n) is 2.38. The maximum atomic E-state index is 11.3. The average molecular weight is 179 g/mol. The summed E-state index contributed by atoms with van der Waals surface area (Å²) in [5.74, 6) is -0.906. The van der Waals surface area contributed by atoms with Crippen LogP contribution in [0.2, 0.25) is 0 Å². The number of carbonyl (C=O) groups is 2. The van der Waals surface area contributed by atoms with Gasteiger partial charge >= 0.3 is 5.97 Å². The van der Waals surface area contributed by atoms with Crippen LogP contribution in [0.4, 0.5) is 0 Å². The Balaban J connectivity index is 2.65. The highest BCUT2D eigenvalue weighted by Gasteiger charge is 2.28. The lowest BCUT2D eigenvalue weighted by atomic mass is 10.1. The normalized spacial score (nSPS) is 14.7. The van der Waals surface area contributed by atoms with Gasteiger partial charge in [0, 0.05) is 19.7 Å². The maximum Gasteiger partial charge on any atom is 0.337 e. The minimum absolute atomic E-state index is 0.0463. The van der Waals surface area contributed by atoms with Crippen LogP contribution in [0.25, 0.3) is 0 Å². The first-order valence-corrected chi connectivity index (χ1v) is 4.06. The predicted molar refractivity (Wildman–Crippen MR) is 45.0 cm³/mol. The fourth-order valence-corrected chi connectivity index (χ4v) is 1.84. The molecule has 0 atom stereocenters. The van der Waals surface area contributed by atoms with Crippen molar-refractivity contribution >= 4 is 11.8 Å². The number of hydrogen-bond donors (Lipinski definition) is 1. The first-order chi connectivity index (χ1) is 6.11. The Bertz CT molecular complexity index is 403. The Hall–Kier alpha value is -1.58. The Morgan fingerprint density at radius 2 is 2.23 bits per heavy atom. The molecule has 1 aliphatic rings. The number of nitrogens with zero attached hydrogens (tertiary/aromatic N) is 1. The second-order valence-corrected chi connectivity index (χ2v) is 3.21. The van der Waals surface area contributed by atoms with Crippen LogP contribution in [0, 0.1) is 0 Å². The van der Waals surface area contributed by atoms with E-state index in [1.165, 1.54) is 6.20 Å². The van der Waals surface area contributed by atoms with Crippen molar-refractivity contribution in [3.63, 3.8) is 0 Å². The van der Waals surface area contributed by atoms with Gasteiger partial charge in [0.05, 0.1) is 11.3 Å². The van der Waals surface area contributed by atoms with E-state index in [0.717, 1.165) is 0 Å². The molecule has 4 heteroatoms. The standard InChI is InChI=1S/C9H9NO3/c1-10-4-6(9(12)13)5-2-3-7(11)8(5)10/h4H,2-3H2,1H3,(H,12,13). The molecule has 2 rings (SSSR count).